The molecule has 0 unspecified atom stereocenters. The standard InChI is InChI=1S/C27H33ClN8O3S/c1-40(38,39)35-10-8-21(9-11-35)33-27-31-15-19(13-29)26(34-27)20-16-32-36(17-20)24-7-6-18(12-22(24)28)14-30-23-4-2-3-5-25(23)37/h6-7,12,15-17,21,23,25,30,37H,2-5,8-11,14H2,1H3,(H,31,33,34)/t23-,25-/m1/s1. The number of nitriles is 1. The highest BCUT2D eigenvalue weighted by Gasteiger charge is 2.26. The van der Waals surface area contributed by atoms with Gasteiger partial charge in [-0.25, -0.2) is 27.4 Å². The molecular formula is C27H33ClN8O3S. The van der Waals surface area contributed by atoms with Gasteiger partial charge >= 0.3 is 0 Å². The number of rotatable bonds is 8. The second kappa shape index (κ2) is 12.2. The Hall–Kier alpha value is -3.08. The maximum atomic E-state index is 11.8. The van der Waals surface area contributed by atoms with E-state index < -0.39 is 10.0 Å². The van der Waals surface area contributed by atoms with Crippen LogP contribution < -0.4 is 10.6 Å². The van der Waals surface area contributed by atoms with Gasteiger partial charge in [0.1, 0.15) is 6.07 Å². The molecule has 2 atom stereocenters. The maximum absolute atomic E-state index is 11.8. The van der Waals surface area contributed by atoms with Crippen LogP contribution in [-0.2, 0) is 16.6 Å². The number of hydrogen-bond donors (Lipinski definition) is 3. The third-order valence-corrected chi connectivity index (χ3v) is 9.18. The lowest BCUT2D eigenvalue weighted by molar-refractivity contribution is 0.0902. The Bertz CT molecular complexity index is 1500. The molecule has 1 aromatic carbocycles. The minimum atomic E-state index is -3.20. The number of benzene rings is 1. The zero-order chi connectivity index (χ0) is 28.3. The van der Waals surface area contributed by atoms with Gasteiger partial charge in [-0.1, -0.05) is 30.5 Å². The molecule has 13 heteroatoms. The van der Waals surface area contributed by atoms with E-state index in [9.17, 15) is 18.8 Å². The first-order valence-corrected chi connectivity index (χ1v) is 15.7. The molecule has 3 aromatic rings. The van der Waals surface area contributed by atoms with Crippen molar-refractivity contribution in [3.8, 4) is 23.0 Å². The number of aliphatic hydroxyl groups excluding tert-OH is 1. The molecule has 3 heterocycles. The summed E-state index contributed by atoms with van der Waals surface area (Å²) in [5, 5.41) is 31.6. The average Bonchev–Trinajstić information content (AvgIpc) is 3.42. The van der Waals surface area contributed by atoms with E-state index in [4.69, 9.17) is 11.6 Å². The van der Waals surface area contributed by atoms with Crippen molar-refractivity contribution in [3.05, 3.63) is 52.9 Å². The van der Waals surface area contributed by atoms with Gasteiger partial charge in [-0.3, -0.25) is 0 Å². The van der Waals surface area contributed by atoms with Crippen molar-refractivity contribution in [1.82, 2.24) is 29.4 Å². The van der Waals surface area contributed by atoms with Crippen molar-refractivity contribution in [1.29, 1.82) is 5.26 Å². The smallest absolute Gasteiger partial charge is 0.223 e. The van der Waals surface area contributed by atoms with Crippen molar-refractivity contribution in [2.45, 2.75) is 63.3 Å². The second-order valence-electron chi connectivity index (χ2n) is 10.4. The van der Waals surface area contributed by atoms with Crippen LogP contribution in [0.4, 0.5) is 5.95 Å². The Morgan fingerprint density at radius 1 is 1.18 bits per heavy atom. The molecule has 1 saturated heterocycles. The molecule has 3 N–H and O–H groups in total. The Morgan fingerprint density at radius 3 is 2.65 bits per heavy atom. The third-order valence-electron chi connectivity index (χ3n) is 7.58. The van der Waals surface area contributed by atoms with Gasteiger partial charge in [-0.05, 0) is 43.4 Å². The summed E-state index contributed by atoms with van der Waals surface area (Å²) >= 11 is 6.63. The Morgan fingerprint density at radius 2 is 1.95 bits per heavy atom. The average molecular weight is 585 g/mol. The minimum absolute atomic E-state index is 0.0229. The highest BCUT2D eigenvalue weighted by molar-refractivity contribution is 7.88. The summed E-state index contributed by atoms with van der Waals surface area (Å²) in [6.07, 6.45) is 11.1. The molecule has 0 bridgehead atoms. The lowest BCUT2D eigenvalue weighted by Crippen LogP contribution is -2.42. The number of nitrogens with one attached hydrogen (secondary N) is 2. The number of piperidine rings is 1. The Kier molecular flexibility index (Phi) is 8.68. The molecular weight excluding hydrogens is 552 g/mol. The van der Waals surface area contributed by atoms with E-state index in [-0.39, 0.29) is 18.2 Å². The molecule has 11 nitrogen and oxygen atoms in total. The van der Waals surface area contributed by atoms with Crippen LogP contribution in [0.1, 0.15) is 49.7 Å². The van der Waals surface area contributed by atoms with E-state index in [2.05, 4.69) is 31.8 Å². The predicted octanol–water partition coefficient (Wildman–Crippen LogP) is 3.08. The highest BCUT2D eigenvalue weighted by Crippen LogP contribution is 2.27. The first-order chi connectivity index (χ1) is 19.2. The van der Waals surface area contributed by atoms with Crippen LogP contribution >= 0.6 is 11.6 Å². The van der Waals surface area contributed by atoms with Crippen LogP contribution in [0.2, 0.25) is 5.02 Å². The predicted molar refractivity (Wildman–Crippen MR) is 152 cm³/mol. The molecule has 1 aliphatic carbocycles. The molecule has 0 spiro atoms. The number of sulfonamides is 1. The summed E-state index contributed by atoms with van der Waals surface area (Å²) in [5.74, 6) is 0.373. The molecule has 1 saturated carbocycles. The van der Waals surface area contributed by atoms with E-state index in [0.717, 1.165) is 31.2 Å². The van der Waals surface area contributed by atoms with Crippen LogP contribution in [0, 0.1) is 11.3 Å². The number of halogens is 1. The first kappa shape index (κ1) is 28.4. The van der Waals surface area contributed by atoms with Crippen LogP contribution in [0.25, 0.3) is 16.9 Å². The van der Waals surface area contributed by atoms with Crippen LogP contribution in [0.5, 0.6) is 0 Å². The summed E-state index contributed by atoms with van der Waals surface area (Å²) in [7, 11) is -3.20. The number of anilines is 1. The van der Waals surface area contributed by atoms with Crippen molar-refractivity contribution in [3.63, 3.8) is 0 Å². The first-order valence-electron chi connectivity index (χ1n) is 13.5. The van der Waals surface area contributed by atoms with Gasteiger partial charge in [-0.2, -0.15) is 10.4 Å². The number of nitrogens with zero attached hydrogens (tertiary/aromatic N) is 6. The zero-order valence-corrected chi connectivity index (χ0v) is 23.9. The van der Waals surface area contributed by atoms with Gasteiger partial charge in [0.15, 0.2) is 0 Å². The molecule has 5 rings (SSSR count). The van der Waals surface area contributed by atoms with Gasteiger partial charge in [0.25, 0.3) is 0 Å². The van der Waals surface area contributed by atoms with Crippen molar-refractivity contribution in [2.24, 2.45) is 0 Å². The van der Waals surface area contributed by atoms with Crippen molar-refractivity contribution >= 4 is 27.6 Å². The topological polar surface area (TPSA) is 149 Å². The van der Waals surface area contributed by atoms with Crippen LogP contribution in [0.3, 0.4) is 0 Å². The van der Waals surface area contributed by atoms with Gasteiger partial charge < -0.3 is 15.7 Å². The SMILES string of the molecule is CS(=O)(=O)N1CCC(Nc2ncc(C#N)c(-c3cnn(-c4ccc(CN[C@@H]5CCCC[C@H]5O)cc4Cl)c3)n2)CC1. The number of aliphatic hydroxyl groups is 1. The summed E-state index contributed by atoms with van der Waals surface area (Å²) in [6.45, 7) is 1.48. The molecule has 2 aliphatic rings. The monoisotopic (exact) mass is 584 g/mol. The molecule has 2 fully saturated rings. The van der Waals surface area contributed by atoms with Gasteiger partial charge in [0, 0.05) is 43.5 Å². The number of hydrogen-bond acceptors (Lipinski definition) is 9. The summed E-state index contributed by atoms with van der Waals surface area (Å²) in [4.78, 5) is 8.90. The van der Waals surface area contributed by atoms with Gasteiger partial charge in [-0.15, -0.1) is 0 Å². The second-order valence-corrected chi connectivity index (χ2v) is 12.8. The largest absolute Gasteiger partial charge is 0.392 e. The summed E-state index contributed by atoms with van der Waals surface area (Å²) in [5.41, 5.74) is 3.11. The number of aromatic nitrogens is 4. The molecule has 1 aliphatic heterocycles. The van der Waals surface area contributed by atoms with E-state index in [0.29, 0.717) is 66.0 Å². The maximum Gasteiger partial charge on any atom is 0.223 e. The third kappa shape index (κ3) is 6.62. The quantitative estimate of drug-likeness (QED) is 0.363. The summed E-state index contributed by atoms with van der Waals surface area (Å²) < 4.78 is 26.7. The lowest BCUT2D eigenvalue weighted by Gasteiger charge is -2.30. The van der Waals surface area contributed by atoms with E-state index in [1.165, 1.54) is 16.8 Å². The minimum Gasteiger partial charge on any atom is -0.392 e. The van der Waals surface area contributed by atoms with Gasteiger partial charge in [0.05, 0.1) is 46.7 Å². The van der Waals surface area contributed by atoms with Crippen LogP contribution in [-0.4, -0.2) is 75.1 Å². The van der Waals surface area contributed by atoms with E-state index in [1.54, 1.807) is 17.1 Å². The fourth-order valence-electron chi connectivity index (χ4n) is 5.29. The van der Waals surface area contributed by atoms with E-state index in [1.807, 2.05) is 18.2 Å². The van der Waals surface area contributed by atoms with Gasteiger partial charge in [0.2, 0.25) is 16.0 Å². The normalized spacial score (nSPS) is 20.8. The fraction of sp³-hybridized carbons (Fsp3) is 0.481. The molecule has 40 heavy (non-hydrogen) atoms. The Labute approximate surface area is 239 Å². The Balaban J connectivity index is 1.28. The highest BCUT2D eigenvalue weighted by atomic mass is 35.5. The molecule has 0 radical (unpaired) electrons. The molecule has 0 amide bonds. The van der Waals surface area contributed by atoms with Crippen molar-refractivity contribution in [2.75, 3.05) is 24.7 Å². The molecule has 2 aromatic heterocycles. The zero-order valence-electron chi connectivity index (χ0n) is 22.3. The van der Waals surface area contributed by atoms with Crippen molar-refractivity contribution < 1.29 is 13.5 Å². The summed E-state index contributed by atoms with van der Waals surface area (Å²) in [6, 6.07) is 8.04. The molecule has 212 valence electrons. The van der Waals surface area contributed by atoms with Crippen LogP contribution in [0.15, 0.2) is 36.8 Å². The lowest BCUT2D eigenvalue weighted by atomic mass is 9.92. The fourth-order valence-corrected chi connectivity index (χ4v) is 6.45. The van der Waals surface area contributed by atoms with E-state index >= 15 is 0 Å².